The van der Waals surface area contributed by atoms with E-state index in [4.69, 9.17) is 9.47 Å². The van der Waals surface area contributed by atoms with E-state index in [2.05, 4.69) is 10.2 Å². The lowest BCUT2D eigenvalue weighted by Gasteiger charge is -2.24. The van der Waals surface area contributed by atoms with Gasteiger partial charge in [-0.25, -0.2) is 0 Å². The Kier molecular flexibility index (Phi) is 8.94. The number of methoxy groups -OCH3 is 2. The molecular formula is C24H36N4O5. The summed E-state index contributed by atoms with van der Waals surface area (Å²) < 4.78 is 10.6. The summed E-state index contributed by atoms with van der Waals surface area (Å²) in [5.74, 6) is 1.14. The molecule has 0 bridgehead atoms. The predicted octanol–water partition coefficient (Wildman–Crippen LogP) is 0.765. The minimum absolute atomic E-state index is 0.0174. The third-order valence-corrected chi connectivity index (χ3v) is 6.32. The van der Waals surface area contributed by atoms with Gasteiger partial charge >= 0.3 is 0 Å². The van der Waals surface area contributed by atoms with E-state index in [-0.39, 0.29) is 30.1 Å². The van der Waals surface area contributed by atoms with Crippen LogP contribution in [0.3, 0.4) is 0 Å². The fraction of sp³-hybridized carbons (Fsp3) is 0.625. The summed E-state index contributed by atoms with van der Waals surface area (Å²) in [7, 11) is 3.20. The average Bonchev–Trinajstić information content (AvgIpc) is 3.03. The predicted molar refractivity (Wildman–Crippen MR) is 124 cm³/mol. The van der Waals surface area contributed by atoms with Crippen molar-refractivity contribution < 1.29 is 23.9 Å². The van der Waals surface area contributed by atoms with E-state index in [0.717, 1.165) is 18.5 Å². The van der Waals surface area contributed by atoms with Crippen LogP contribution in [0, 0.1) is 5.92 Å². The second-order valence-electron chi connectivity index (χ2n) is 8.59. The van der Waals surface area contributed by atoms with Crippen LogP contribution in [-0.4, -0.2) is 99.0 Å². The number of likely N-dealkylation sites (tertiary alicyclic amines) is 1. The van der Waals surface area contributed by atoms with Crippen LogP contribution in [0.4, 0.5) is 0 Å². The van der Waals surface area contributed by atoms with Gasteiger partial charge in [-0.15, -0.1) is 0 Å². The third-order valence-electron chi connectivity index (χ3n) is 6.32. The monoisotopic (exact) mass is 460 g/mol. The Morgan fingerprint density at radius 3 is 2.61 bits per heavy atom. The molecule has 2 fully saturated rings. The molecule has 0 spiro atoms. The molecule has 9 heteroatoms. The van der Waals surface area contributed by atoms with Gasteiger partial charge in [0.2, 0.25) is 17.7 Å². The molecule has 2 saturated heterocycles. The molecule has 2 aliphatic rings. The van der Waals surface area contributed by atoms with Crippen LogP contribution in [0.1, 0.15) is 25.3 Å². The van der Waals surface area contributed by atoms with Crippen molar-refractivity contribution in [1.29, 1.82) is 0 Å². The first-order valence-corrected chi connectivity index (χ1v) is 11.7. The maximum atomic E-state index is 13.1. The van der Waals surface area contributed by atoms with Gasteiger partial charge in [0, 0.05) is 52.2 Å². The van der Waals surface area contributed by atoms with Crippen LogP contribution >= 0.6 is 0 Å². The van der Waals surface area contributed by atoms with Gasteiger partial charge in [0.25, 0.3) is 0 Å². The molecule has 2 heterocycles. The highest BCUT2D eigenvalue weighted by atomic mass is 16.5. The van der Waals surface area contributed by atoms with Gasteiger partial charge in [-0.1, -0.05) is 6.07 Å². The van der Waals surface area contributed by atoms with E-state index >= 15 is 0 Å². The molecule has 0 saturated carbocycles. The number of carbonyl (C=O) groups excluding carboxylic acids is 3. The molecule has 0 aliphatic carbocycles. The smallest absolute Gasteiger partial charge is 0.234 e. The van der Waals surface area contributed by atoms with E-state index in [9.17, 15) is 14.4 Å². The summed E-state index contributed by atoms with van der Waals surface area (Å²) in [6, 6.07) is 5.75. The van der Waals surface area contributed by atoms with Crippen LogP contribution in [0.2, 0.25) is 0 Å². The number of likely N-dealkylation sites (N-methyl/N-ethyl adjacent to an activating group) is 1. The van der Waals surface area contributed by atoms with Crippen LogP contribution < -0.4 is 14.8 Å². The van der Waals surface area contributed by atoms with Crippen LogP contribution in [0.25, 0.3) is 0 Å². The van der Waals surface area contributed by atoms with Gasteiger partial charge in [-0.05, 0) is 37.5 Å². The van der Waals surface area contributed by atoms with E-state index in [1.54, 1.807) is 19.1 Å². The highest BCUT2D eigenvalue weighted by Crippen LogP contribution is 2.28. The second kappa shape index (κ2) is 11.9. The van der Waals surface area contributed by atoms with Crippen LogP contribution in [0.5, 0.6) is 11.5 Å². The van der Waals surface area contributed by atoms with E-state index in [1.807, 2.05) is 30.0 Å². The number of hydrogen-bond acceptors (Lipinski definition) is 6. The number of ether oxygens (including phenoxy) is 2. The van der Waals surface area contributed by atoms with Gasteiger partial charge in [0.1, 0.15) is 0 Å². The molecule has 3 amide bonds. The number of amides is 3. The lowest BCUT2D eigenvalue weighted by Crippen LogP contribution is -2.41. The number of hydrogen-bond donors (Lipinski definition) is 1. The zero-order valence-corrected chi connectivity index (χ0v) is 20.0. The normalized spacial score (nSPS) is 19.4. The average molecular weight is 461 g/mol. The van der Waals surface area contributed by atoms with Crippen molar-refractivity contribution in [2.75, 3.05) is 66.6 Å². The van der Waals surface area contributed by atoms with E-state index in [1.165, 1.54) is 0 Å². The Labute approximate surface area is 196 Å². The van der Waals surface area contributed by atoms with Gasteiger partial charge in [-0.3, -0.25) is 19.3 Å². The molecule has 0 radical (unpaired) electrons. The highest BCUT2D eigenvalue weighted by molar-refractivity contribution is 5.89. The fourth-order valence-electron chi connectivity index (χ4n) is 4.52. The van der Waals surface area contributed by atoms with Crippen molar-refractivity contribution in [3.05, 3.63) is 23.8 Å². The van der Waals surface area contributed by atoms with Crippen LogP contribution in [-0.2, 0) is 20.8 Å². The Morgan fingerprint density at radius 2 is 1.88 bits per heavy atom. The molecule has 0 aromatic heterocycles. The van der Waals surface area contributed by atoms with Crippen molar-refractivity contribution in [1.82, 2.24) is 20.0 Å². The van der Waals surface area contributed by atoms with Gasteiger partial charge in [0.05, 0.1) is 26.7 Å². The quantitative estimate of drug-likeness (QED) is 0.585. The summed E-state index contributed by atoms with van der Waals surface area (Å²) in [6.07, 6.45) is 1.78. The molecule has 1 aromatic carbocycles. The van der Waals surface area contributed by atoms with Gasteiger partial charge < -0.3 is 24.6 Å². The van der Waals surface area contributed by atoms with Crippen molar-refractivity contribution in [3.63, 3.8) is 0 Å². The summed E-state index contributed by atoms with van der Waals surface area (Å²) in [6.45, 7) is 6.64. The molecule has 1 unspecified atom stereocenters. The van der Waals surface area contributed by atoms with Crippen LogP contribution in [0.15, 0.2) is 18.2 Å². The zero-order chi connectivity index (χ0) is 23.8. The molecule has 1 N–H and O–H groups in total. The lowest BCUT2D eigenvalue weighted by atomic mass is 10.1. The minimum Gasteiger partial charge on any atom is -0.493 e. The summed E-state index contributed by atoms with van der Waals surface area (Å²) in [5.41, 5.74) is 1.05. The Balaban J connectivity index is 1.50. The second-order valence-corrected chi connectivity index (χ2v) is 8.59. The number of rotatable bonds is 9. The lowest BCUT2D eigenvalue weighted by molar-refractivity contribution is -0.135. The third kappa shape index (κ3) is 6.60. The standard InChI is InChI=1S/C24H36N4O5/c1-4-25-22(29)17-26-9-5-10-27(13-12-26)24(31)19-15-23(30)28(16-19)11-8-18-6-7-20(32-2)21(14-18)33-3/h6-7,14,19H,4-5,8-13,15-17H2,1-3H3,(H,25,29). The zero-order valence-electron chi connectivity index (χ0n) is 20.0. The topological polar surface area (TPSA) is 91.4 Å². The van der Waals surface area contributed by atoms with Crippen molar-refractivity contribution in [2.24, 2.45) is 5.92 Å². The highest BCUT2D eigenvalue weighted by Gasteiger charge is 2.36. The largest absolute Gasteiger partial charge is 0.493 e. The molecule has 1 aromatic rings. The first kappa shape index (κ1) is 24.8. The molecule has 1 atom stereocenters. The number of carbonyl (C=O) groups is 3. The summed E-state index contributed by atoms with van der Waals surface area (Å²) in [4.78, 5) is 43.3. The molecule has 9 nitrogen and oxygen atoms in total. The first-order valence-electron chi connectivity index (χ1n) is 11.7. The van der Waals surface area contributed by atoms with Crippen molar-refractivity contribution in [3.8, 4) is 11.5 Å². The van der Waals surface area contributed by atoms with Gasteiger partial charge in [0.15, 0.2) is 11.5 Å². The molecule has 3 rings (SSSR count). The summed E-state index contributed by atoms with van der Waals surface area (Å²) >= 11 is 0. The minimum atomic E-state index is -0.294. The number of nitrogens with zero attached hydrogens (tertiary/aromatic N) is 3. The molecule has 2 aliphatic heterocycles. The maximum absolute atomic E-state index is 13.1. The Hall–Kier alpha value is -2.81. The Bertz CT molecular complexity index is 846. The molecular weight excluding hydrogens is 424 g/mol. The fourth-order valence-corrected chi connectivity index (χ4v) is 4.52. The van der Waals surface area contributed by atoms with E-state index in [0.29, 0.717) is 63.7 Å². The number of nitrogens with one attached hydrogen (secondary N) is 1. The Morgan fingerprint density at radius 1 is 1.09 bits per heavy atom. The molecule has 33 heavy (non-hydrogen) atoms. The molecule has 182 valence electrons. The first-order chi connectivity index (χ1) is 15.9. The van der Waals surface area contributed by atoms with E-state index < -0.39 is 0 Å². The maximum Gasteiger partial charge on any atom is 0.234 e. The number of benzene rings is 1. The SMILES string of the molecule is CCNC(=O)CN1CCCN(C(=O)C2CC(=O)N(CCc3ccc(OC)c(OC)c3)C2)CC1. The summed E-state index contributed by atoms with van der Waals surface area (Å²) in [5, 5.41) is 2.82. The van der Waals surface area contributed by atoms with Crippen molar-refractivity contribution >= 4 is 17.7 Å². The van der Waals surface area contributed by atoms with Gasteiger partial charge in [-0.2, -0.15) is 0 Å². The van der Waals surface area contributed by atoms with Crippen molar-refractivity contribution in [2.45, 2.75) is 26.2 Å².